The molecule has 1 unspecified atom stereocenters. The van der Waals surface area contributed by atoms with Crippen molar-refractivity contribution in [3.05, 3.63) is 137 Å². The summed E-state index contributed by atoms with van der Waals surface area (Å²) in [6.07, 6.45) is -0.278. The Kier molecular flexibility index (Phi) is 4.34. The lowest BCUT2D eigenvalue weighted by molar-refractivity contribution is 0.660. The molecule has 182 valence electrons. The maximum Gasteiger partial charge on any atom is 0.0534 e. The summed E-state index contributed by atoms with van der Waals surface area (Å²) in [5.74, 6) is 0. The SMILES string of the molecule is CC1(C)c2ccccc2-c2cc3c4ccccc4n(C4[N-]c5ccccc5N=C4c4ccccc4)c3cc21. The van der Waals surface area contributed by atoms with Crippen LogP contribution >= 0.6 is 0 Å². The zero-order valence-electron chi connectivity index (χ0n) is 21.4. The van der Waals surface area contributed by atoms with Crippen molar-refractivity contribution in [3.8, 4) is 11.1 Å². The summed E-state index contributed by atoms with van der Waals surface area (Å²) in [6, 6.07) is 41.1. The highest BCUT2D eigenvalue weighted by Gasteiger charge is 2.36. The molecule has 0 amide bonds. The Labute approximate surface area is 222 Å². The Bertz CT molecular complexity index is 1920. The van der Waals surface area contributed by atoms with Crippen LogP contribution in [0.5, 0.6) is 0 Å². The van der Waals surface area contributed by atoms with Crippen LogP contribution in [-0.4, -0.2) is 10.3 Å². The number of hydrogen-bond donors (Lipinski definition) is 0. The Morgan fingerprint density at radius 1 is 0.658 bits per heavy atom. The van der Waals surface area contributed by atoms with Crippen LogP contribution in [0, 0.1) is 0 Å². The minimum Gasteiger partial charge on any atom is -0.658 e. The van der Waals surface area contributed by atoms with E-state index in [9.17, 15) is 0 Å². The molecule has 38 heavy (non-hydrogen) atoms. The van der Waals surface area contributed by atoms with Gasteiger partial charge in [-0.15, -0.1) is 5.69 Å². The molecular formula is C35H26N3-. The highest BCUT2D eigenvalue weighted by Crippen LogP contribution is 2.52. The van der Waals surface area contributed by atoms with Crippen molar-refractivity contribution in [1.82, 2.24) is 4.57 Å². The second-order valence-electron chi connectivity index (χ2n) is 10.8. The molecule has 0 fully saturated rings. The molecule has 2 heterocycles. The zero-order valence-corrected chi connectivity index (χ0v) is 21.4. The average molecular weight is 489 g/mol. The topological polar surface area (TPSA) is 31.4 Å². The molecule has 1 atom stereocenters. The number of aliphatic imine (C=N–C) groups is 1. The minimum absolute atomic E-state index is 0.0753. The average Bonchev–Trinajstić information content (AvgIpc) is 3.40. The summed E-state index contributed by atoms with van der Waals surface area (Å²) in [4.78, 5) is 5.20. The second kappa shape index (κ2) is 7.69. The number of para-hydroxylation sites is 3. The fourth-order valence-corrected chi connectivity index (χ4v) is 6.51. The standard InChI is InChI=1S/C35H26N3/c1-35(2)27-16-8-6-14-23(27)25-20-26-24-15-7-11-19-31(24)38(32(26)21-28(25)35)34-33(22-12-4-3-5-13-22)36-29-17-9-10-18-30(29)37-34/h3-21,34H,1-2H3/q-1. The summed E-state index contributed by atoms with van der Waals surface area (Å²) in [7, 11) is 0. The lowest BCUT2D eigenvalue weighted by Gasteiger charge is -2.41. The molecule has 2 aliphatic rings. The Morgan fingerprint density at radius 3 is 2.29 bits per heavy atom. The highest BCUT2D eigenvalue weighted by atomic mass is 15.2. The molecule has 0 saturated heterocycles. The predicted molar refractivity (Wildman–Crippen MR) is 158 cm³/mol. The largest absolute Gasteiger partial charge is 0.658 e. The molecule has 0 N–H and O–H groups in total. The van der Waals surface area contributed by atoms with Gasteiger partial charge in [0.25, 0.3) is 0 Å². The third-order valence-electron chi connectivity index (χ3n) is 8.36. The normalized spacial score (nSPS) is 17.0. The van der Waals surface area contributed by atoms with E-state index < -0.39 is 0 Å². The van der Waals surface area contributed by atoms with Gasteiger partial charge >= 0.3 is 0 Å². The predicted octanol–water partition coefficient (Wildman–Crippen LogP) is 9.44. The number of aromatic nitrogens is 1. The first-order valence-corrected chi connectivity index (χ1v) is 13.2. The van der Waals surface area contributed by atoms with Crippen molar-refractivity contribution in [2.75, 3.05) is 0 Å². The lowest BCUT2D eigenvalue weighted by atomic mass is 9.82. The Hall–Kier alpha value is -4.63. The van der Waals surface area contributed by atoms with Gasteiger partial charge in [-0.05, 0) is 52.1 Å². The van der Waals surface area contributed by atoms with Crippen LogP contribution in [0.25, 0.3) is 38.2 Å². The molecule has 3 nitrogen and oxygen atoms in total. The first-order chi connectivity index (χ1) is 18.6. The van der Waals surface area contributed by atoms with Crippen molar-refractivity contribution >= 4 is 38.9 Å². The summed E-state index contributed by atoms with van der Waals surface area (Å²) in [5, 5.41) is 7.85. The number of nitrogens with zero attached hydrogens (tertiary/aromatic N) is 3. The molecule has 1 aliphatic heterocycles. The monoisotopic (exact) mass is 488 g/mol. The Balaban J connectivity index is 1.45. The Morgan fingerprint density at radius 2 is 1.39 bits per heavy atom. The van der Waals surface area contributed by atoms with E-state index in [4.69, 9.17) is 10.3 Å². The molecule has 3 heteroatoms. The first kappa shape index (κ1) is 21.5. The van der Waals surface area contributed by atoms with E-state index in [1.807, 2.05) is 12.1 Å². The van der Waals surface area contributed by atoms with Gasteiger partial charge in [-0.25, -0.2) is 0 Å². The van der Waals surface area contributed by atoms with Crippen LogP contribution in [0.3, 0.4) is 0 Å². The van der Waals surface area contributed by atoms with Crippen LogP contribution in [0.1, 0.15) is 36.7 Å². The van der Waals surface area contributed by atoms with E-state index in [2.05, 4.69) is 122 Å². The summed E-state index contributed by atoms with van der Waals surface area (Å²) < 4.78 is 2.41. The smallest absolute Gasteiger partial charge is 0.0534 e. The van der Waals surface area contributed by atoms with Gasteiger partial charge in [0.2, 0.25) is 0 Å². The van der Waals surface area contributed by atoms with E-state index in [0.717, 1.165) is 22.6 Å². The maximum atomic E-state index is 5.35. The van der Waals surface area contributed by atoms with E-state index >= 15 is 0 Å². The van der Waals surface area contributed by atoms with E-state index in [1.54, 1.807) is 0 Å². The number of benzene rings is 5. The molecule has 1 aromatic heterocycles. The van der Waals surface area contributed by atoms with Gasteiger partial charge in [0.05, 0.1) is 5.71 Å². The quantitative estimate of drug-likeness (QED) is 0.232. The van der Waals surface area contributed by atoms with Crippen LogP contribution in [0.15, 0.2) is 120 Å². The number of rotatable bonds is 2. The van der Waals surface area contributed by atoms with E-state index in [1.165, 1.54) is 44.1 Å². The third-order valence-corrected chi connectivity index (χ3v) is 8.36. The molecular weight excluding hydrogens is 462 g/mol. The van der Waals surface area contributed by atoms with Crippen LogP contribution < -0.4 is 0 Å². The minimum atomic E-state index is -0.278. The van der Waals surface area contributed by atoms with Crippen LogP contribution in [0.4, 0.5) is 11.4 Å². The number of hydrogen-bond acceptors (Lipinski definition) is 1. The molecule has 0 saturated carbocycles. The van der Waals surface area contributed by atoms with Gasteiger partial charge in [0.15, 0.2) is 0 Å². The molecule has 8 rings (SSSR count). The maximum absolute atomic E-state index is 5.35. The molecule has 0 spiro atoms. The van der Waals surface area contributed by atoms with E-state index in [0.29, 0.717) is 0 Å². The first-order valence-electron chi connectivity index (χ1n) is 13.2. The molecule has 6 aromatic rings. The highest BCUT2D eigenvalue weighted by molar-refractivity contribution is 6.15. The van der Waals surface area contributed by atoms with Crippen LogP contribution in [-0.2, 0) is 5.41 Å². The van der Waals surface area contributed by atoms with E-state index in [-0.39, 0.29) is 11.6 Å². The van der Waals surface area contributed by atoms with Crippen LogP contribution in [0.2, 0.25) is 0 Å². The van der Waals surface area contributed by atoms with Gasteiger partial charge in [0, 0.05) is 39.1 Å². The van der Waals surface area contributed by atoms with Gasteiger partial charge in [-0.3, -0.25) is 4.99 Å². The molecule has 1 aliphatic carbocycles. The van der Waals surface area contributed by atoms with Gasteiger partial charge in [-0.2, -0.15) is 0 Å². The van der Waals surface area contributed by atoms with Gasteiger partial charge < -0.3 is 9.88 Å². The summed E-state index contributed by atoms with van der Waals surface area (Å²) >= 11 is 0. The fourth-order valence-electron chi connectivity index (χ4n) is 6.51. The van der Waals surface area contributed by atoms with Gasteiger partial charge in [-0.1, -0.05) is 105 Å². The molecule has 0 bridgehead atoms. The summed E-state index contributed by atoms with van der Waals surface area (Å²) in [6.45, 7) is 4.68. The molecule has 0 radical (unpaired) electrons. The van der Waals surface area contributed by atoms with Crippen molar-refractivity contribution in [2.45, 2.75) is 25.4 Å². The number of fused-ring (bicyclic) bond motifs is 7. The second-order valence-corrected chi connectivity index (χ2v) is 10.8. The van der Waals surface area contributed by atoms with Gasteiger partial charge in [0.1, 0.15) is 0 Å². The van der Waals surface area contributed by atoms with Crippen molar-refractivity contribution in [1.29, 1.82) is 0 Å². The van der Waals surface area contributed by atoms with Crippen molar-refractivity contribution in [2.24, 2.45) is 4.99 Å². The third kappa shape index (κ3) is 2.87. The zero-order chi connectivity index (χ0) is 25.4. The van der Waals surface area contributed by atoms with Crippen molar-refractivity contribution < 1.29 is 0 Å². The lowest BCUT2D eigenvalue weighted by Crippen LogP contribution is -2.21. The fraction of sp³-hybridized carbons (Fsp3) is 0.114. The van der Waals surface area contributed by atoms with Crippen molar-refractivity contribution in [3.63, 3.8) is 0 Å². The molecule has 5 aromatic carbocycles. The summed E-state index contributed by atoms with van der Waals surface area (Å²) in [5.41, 5.74) is 11.6.